The molecule has 0 saturated heterocycles. The van der Waals surface area contributed by atoms with Crippen LogP contribution >= 0.6 is 11.3 Å². The number of ketones is 1. The molecule has 0 unspecified atom stereocenters. The monoisotopic (exact) mass is 345 g/mol. The van der Waals surface area contributed by atoms with E-state index in [-0.39, 0.29) is 30.6 Å². The molecule has 1 amide bonds. The highest BCUT2D eigenvalue weighted by Gasteiger charge is 2.16. The first kappa shape index (κ1) is 16.5. The third kappa shape index (κ3) is 3.94. The molecule has 24 heavy (non-hydrogen) atoms. The SMILES string of the molecule is C[C@@H](NC(=O)CCC(=O)c1cccs1)c1ccc2c(c1)OCCO2. The van der Waals surface area contributed by atoms with Crippen LogP contribution in [0.5, 0.6) is 11.5 Å². The molecule has 1 aliphatic heterocycles. The number of Topliss-reactive ketones (excluding diaryl/α,β-unsaturated/α-hetero) is 1. The minimum absolute atomic E-state index is 0.00660. The summed E-state index contributed by atoms with van der Waals surface area (Å²) in [4.78, 5) is 24.7. The zero-order valence-electron chi connectivity index (χ0n) is 13.4. The number of fused-ring (bicyclic) bond motifs is 1. The Balaban J connectivity index is 1.53. The van der Waals surface area contributed by atoms with Gasteiger partial charge in [0.1, 0.15) is 13.2 Å². The molecule has 0 radical (unpaired) electrons. The van der Waals surface area contributed by atoms with Crippen molar-refractivity contribution in [1.29, 1.82) is 0 Å². The maximum absolute atomic E-state index is 12.1. The van der Waals surface area contributed by atoms with Crippen LogP contribution < -0.4 is 14.8 Å². The molecule has 0 saturated carbocycles. The molecule has 1 aliphatic rings. The predicted octanol–water partition coefficient (Wildman–Crippen LogP) is 3.36. The molecule has 5 nitrogen and oxygen atoms in total. The average Bonchev–Trinajstić information content (AvgIpc) is 3.14. The van der Waals surface area contributed by atoms with Crippen molar-refractivity contribution in [2.45, 2.75) is 25.8 Å². The number of thiophene rings is 1. The Bertz CT molecular complexity index is 727. The second-order valence-corrected chi connectivity index (χ2v) is 6.54. The van der Waals surface area contributed by atoms with Gasteiger partial charge >= 0.3 is 0 Å². The summed E-state index contributed by atoms with van der Waals surface area (Å²) in [6.07, 6.45) is 0.409. The van der Waals surface area contributed by atoms with E-state index in [1.165, 1.54) is 11.3 Å². The van der Waals surface area contributed by atoms with E-state index in [0.29, 0.717) is 23.8 Å². The number of ether oxygens (including phenoxy) is 2. The lowest BCUT2D eigenvalue weighted by Gasteiger charge is -2.21. The molecule has 6 heteroatoms. The zero-order chi connectivity index (χ0) is 16.9. The maximum atomic E-state index is 12.1. The molecule has 1 N–H and O–H groups in total. The first-order valence-corrected chi connectivity index (χ1v) is 8.77. The molecule has 1 atom stereocenters. The van der Waals surface area contributed by atoms with Gasteiger partial charge in [0.05, 0.1) is 10.9 Å². The van der Waals surface area contributed by atoms with Gasteiger partial charge in [0.15, 0.2) is 17.3 Å². The van der Waals surface area contributed by atoms with Crippen molar-refractivity contribution >= 4 is 23.0 Å². The second kappa shape index (κ2) is 7.49. The normalized spacial score (nSPS) is 14.0. The van der Waals surface area contributed by atoms with Crippen molar-refractivity contribution in [3.8, 4) is 11.5 Å². The van der Waals surface area contributed by atoms with Crippen molar-refractivity contribution in [3.05, 3.63) is 46.2 Å². The van der Waals surface area contributed by atoms with Crippen molar-refractivity contribution in [3.63, 3.8) is 0 Å². The van der Waals surface area contributed by atoms with Gasteiger partial charge in [-0.25, -0.2) is 0 Å². The van der Waals surface area contributed by atoms with Crippen LogP contribution in [0.4, 0.5) is 0 Å². The smallest absolute Gasteiger partial charge is 0.220 e. The molecule has 0 spiro atoms. The fourth-order valence-electron chi connectivity index (χ4n) is 2.51. The number of hydrogen-bond acceptors (Lipinski definition) is 5. The van der Waals surface area contributed by atoms with Gasteiger partial charge in [-0.05, 0) is 36.1 Å². The van der Waals surface area contributed by atoms with E-state index in [4.69, 9.17) is 9.47 Å². The zero-order valence-corrected chi connectivity index (χ0v) is 14.2. The molecule has 0 bridgehead atoms. The number of hydrogen-bond donors (Lipinski definition) is 1. The highest BCUT2D eigenvalue weighted by molar-refractivity contribution is 7.12. The van der Waals surface area contributed by atoms with Gasteiger partial charge in [0.25, 0.3) is 0 Å². The largest absolute Gasteiger partial charge is 0.486 e. The Morgan fingerprint density at radius 1 is 1.17 bits per heavy atom. The number of nitrogens with one attached hydrogen (secondary N) is 1. The summed E-state index contributed by atoms with van der Waals surface area (Å²) in [5.74, 6) is 1.30. The molecule has 126 valence electrons. The minimum Gasteiger partial charge on any atom is -0.486 e. The van der Waals surface area contributed by atoms with E-state index in [0.717, 1.165) is 11.3 Å². The van der Waals surface area contributed by atoms with E-state index < -0.39 is 0 Å². The van der Waals surface area contributed by atoms with E-state index in [9.17, 15) is 9.59 Å². The quantitative estimate of drug-likeness (QED) is 0.816. The fraction of sp³-hybridized carbons (Fsp3) is 0.333. The lowest BCUT2D eigenvalue weighted by Crippen LogP contribution is -2.27. The molecule has 0 aliphatic carbocycles. The van der Waals surface area contributed by atoms with Gasteiger partial charge in [0, 0.05) is 12.8 Å². The summed E-state index contributed by atoms with van der Waals surface area (Å²) in [6, 6.07) is 9.10. The number of rotatable bonds is 6. The number of benzene rings is 1. The van der Waals surface area contributed by atoms with Crippen LogP contribution in [0.1, 0.15) is 41.0 Å². The predicted molar refractivity (Wildman–Crippen MR) is 91.9 cm³/mol. The Labute approximate surface area is 144 Å². The Morgan fingerprint density at radius 3 is 2.71 bits per heavy atom. The van der Waals surface area contributed by atoms with Crippen LogP contribution in [0.25, 0.3) is 0 Å². The average molecular weight is 345 g/mol. The van der Waals surface area contributed by atoms with Crippen molar-refractivity contribution in [2.75, 3.05) is 13.2 Å². The highest BCUT2D eigenvalue weighted by Crippen LogP contribution is 2.32. The molecule has 0 fully saturated rings. The van der Waals surface area contributed by atoms with Gasteiger partial charge in [-0.3, -0.25) is 9.59 Å². The Morgan fingerprint density at radius 2 is 1.96 bits per heavy atom. The molecular weight excluding hydrogens is 326 g/mol. The molecule has 3 rings (SSSR count). The molecular formula is C18H19NO4S. The summed E-state index contributed by atoms with van der Waals surface area (Å²) in [5, 5.41) is 4.78. The van der Waals surface area contributed by atoms with E-state index in [1.807, 2.05) is 36.6 Å². The van der Waals surface area contributed by atoms with E-state index in [2.05, 4.69) is 5.32 Å². The van der Waals surface area contributed by atoms with Crippen LogP contribution in [-0.2, 0) is 4.79 Å². The van der Waals surface area contributed by atoms with Crippen LogP contribution in [0.3, 0.4) is 0 Å². The Hall–Kier alpha value is -2.34. The van der Waals surface area contributed by atoms with Crippen LogP contribution in [0.15, 0.2) is 35.7 Å². The molecule has 2 heterocycles. The van der Waals surface area contributed by atoms with Crippen molar-refractivity contribution in [1.82, 2.24) is 5.32 Å². The highest BCUT2D eigenvalue weighted by atomic mass is 32.1. The summed E-state index contributed by atoms with van der Waals surface area (Å²) in [7, 11) is 0. The van der Waals surface area contributed by atoms with Gasteiger partial charge in [-0.2, -0.15) is 0 Å². The Kier molecular flexibility index (Phi) is 5.15. The fourth-order valence-corrected chi connectivity index (χ4v) is 3.21. The number of carbonyl (C=O) groups is 2. The van der Waals surface area contributed by atoms with Gasteiger partial charge in [-0.15, -0.1) is 11.3 Å². The summed E-state index contributed by atoms with van der Waals surface area (Å²) >= 11 is 1.40. The third-order valence-corrected chi connectivity index (χ3v) is 4.73. The van der Waals surface area contributed by atoms with E-state index in [1.54, 1.807) is 6.07 Å². The lowest BCUT2D eigenvalue weighted by molar-refractivity contribution is -0.121. The van der Waals surface area contributed by atoms with Crippen LogP contribution in [0.2, 0.25) is 0 Å². The first-order valence-electron chi connectivity index (χ1n) is 7.89. The molecule has 1 aromatic carbocycles. The van der Waals surface area contributed by atoms with E-state index >= 15 is 0 Å². The lowest BCUT2D eigenvalue weighted by atomic mass is 10.1. The van der Waals surface area contributed by atoms with Crippen molar-refractivity contribution < 1.29 is 19.1 Å². The first-order chi connectivity index (χ1) is 11.6. The molecule has 1 aromatic heterocycles. The molecule has 2 aromatic rings. The minimum atomic E-state index is -0.162. The number of amides is 1. The standard InChI is InChI=1S/C18H19NO4S/c1-12(13-4-6-15-16(11-13)23-9-8-22-15)19-18(21)7-5-14(20)17-3-2-10-24-17/h2-4,6,10-12H,5,7-9H2,1H3,(H,19,21)/t12-/m1/s1. The van der Waals surface area contributed by atoms with Crippen molar-refractivity contribution in [2.24, 2.45) is 0 Å². The summed E-state index contributed by atoms with van der Waals surface area (Å²) < 4.78 is 11.0. The van der Waals surface area contributed by atoms with Crippen LogP contribution in [0, 0.1) is 0 Å². The number of carbonyl (C=O) groups excluding carboxylic acids is 2. The van der Waals surface area contributed by atoms with Gasteiger partial charge < -0.3 is 14.8 Å². The topological polar surface area (TPSA) is 64.6 Å². The summed E-state index contributed by atoms with van der Waals surface area (Å²) in [5.41, 5.74) is 0.942. The summed E-state index contributed by atoms with van der Waals surface area (Å²) in [6.45, 7) is 2.99. The second-order valence-electron chi connectivity index (χ2n) is 5.59. The third-order valence-electron chi connectivity index (χ3n) is 3.82. The maximum Gasteiger partial charge on any atom is 0.220 e. The van der Waals surface area contributed by atoms with Crippen LogP contribution in [-0.4, -0.2) is 24.9 Å². The van der Waals surface area contributed by atoms with Gasteiger partial charge in [-0.1, -0.05) is 12.1 Å². The van der Waals surface area contributed by atoms with Gasteiger partial charge in [0.2, 0.25) is 5.91 Å².